The first-order chi connectivity index (χ1) is 9.65. The molecule has 1 fully saturated rings. The minimum atomic E-state index is -0.659. The molecule has 2 rings (SSSR count). The molecular formula is C17H24O3. The van der Waals surface area contributed by atoms with Crippen LogP contribution >= 0.6 is 0 Å². The molecule has 0 heterocycles. The lowest BCUT2D eigenvalue weighted by Crippen LogP contribution is -2.29. The highest BCUT2D eigenvalue weighted by Gasteiger charge is 2.35. The molecule has 3 heteroatoms. The number of carbonyl (C=O) groups is 1. The van der Waals surface area contributed by atoms with Crippen LogP contribution in [0, 0.1) is 11.8 Å². The molecule has 0 amide bonds. The van der Waals surface area contributed by atoms with E-state index in [1.807, 2.05) is 24.3 Å². The maximum atomic E-state index is 11.5. The summed E-state index contributed by atoms with van der Waals surface area (Å²) in [5.74, 6) is 0.673. The van der Waals surface area contributed by atoms with E-state index in [0.717, 1.165) is 30.6 Å². The first-order valence-corrected chi connectivity index (χ1v) is 7.52. The summed E-state index contributed by atoms with van der Waals surface area (Å²) in [6, 6.07) is 7.90. The van der Waals surface area contributed by atoms with Crippen LogP contribution in [0.2, 0.25) is 0 Å². The molecule has 3 nitrogen and oxygen atoms in total. The number of ether oxygens (including phenoxy) is 1. The number of carboxylic acids is 1. The van der Waals surface area contributed by atoms with Crippen LogP contribution in [0.1, 0.15) is 50.5 Å². The van der Waals surface area contributed by atoms with Crippen LogP contribution in [-0.4, -0.2) is 18.2 Å². The van der Waals surface area contributed by atoms with Gasteiger partial charge in [0.25, 0.3) is 0 Å². The van der Waals surface area contributed by atoms with Crippen molar-refractivity contribution in [1.29, 1.82) is 0 Å². The fraction of sp³-hybridized carbons (Fsp3) is 0.588. The highest BCUT2D eigenvalue weighted by atomic mass is 16.5. The Hall–Kier alpha value is -1.51. The summed E-state index contributed by atoms with van der Waals surface area (Å²) in [6.45, 7) is 2.20. The number of methoxy groups -OCH3 is 1. The summed E-state index contributed by atoms with van der Waals surface area (Å²) < 4.78 is 5.27. The van der Waals surface area contributed by atoms with Crippen LogP contribution in [0.4, 0.5) is 0 Å². The third kappa shape index (κ3) is 3.33. The SMILES string of the molecule is CCCC1CCC(C(=O)O)C(c2cccc(OC)c2)C1. The minimum Gasteiger partial charge on any atom is -0.497 e. The molecular weight excluding hydrogens is 252 g/mol. The van der Waals surface area contributed by atoms with Crippen molar-refractivity contribution in [1.82, 2.24) is 0 Å². The maximum Gasteiger partial charge on any atom is 0.307 e. The zero-order chi connectivity index (χ0) is 14.5. The van der Waals surface area contributed by atoms with Gasteiger partial charge >= 0.3 is 5.97 Å². The van der Waals surface area contributed by atoms with Crippen LogP contribution in [0.25, 0.3) is 0 Å². The molecule has 0 radical (unpaired) electrons. The van der Waals surface area contributed by atoms with Crippen molar-refractivity contribution in [2.75, 3.05) is 7.11 Å². The van der Waals surface area contributed by atoms with Gasteiger partial charge in [-0.15, -0.1) is 0 Å². The molecule has 1 aliphatic rings. The highest BCUT2D eigenvalue weighted by molar-refractivity contribution is 5.71. The first-order valence-electron chi connectivity index (χ1n) is 7.52. The van der Waals surface area contributed by atoms with Crippen LogP contribution < -0.4 is 4.74 Å². The maximum absolute atomic E-state index is 11.5. The van der Waals surface area contributed by atoms with Gasteiger partial charge in [-0.25, -0.2) is 0 Å². The molecule has 20 heavy (non-hydrogen) atoms. The van der Waals surface area contributed by atoms with Gasteiger partial charge in [0.2, 0.25) is 0 Å². The number of carboxylic acid groups (broad SMARTS) is 1. The molecule has 0 spiro atoms. The Kier molecular flexibility index (Phi) is 5.05. The summed E-state index contributed by atoms with van der Waals surface area (Å²) in [4.78, 5) is 11.5. The number of rotatable bonds is 5. The van der Waals surface area contributed by atoms with Crippen molar-refractivity contribution in [3.05, 3.63) is 29.8 Å². The lowest BCUT2D eigenvalue weighted by Gasteiger charge is -2.34. The number of aliphatic carboxylic acids is 1. The lowest BCUT2D eigenvalue weighted by atomic mass is 9.70. The van der Waals surface area contributed by atoms with Gasteiger partial charge in [0.15, 0.2) is 0 Å². The Morgan fingerprint density at radius 3 is 2.85 bits per heavy atom. The van der Waals surface area contributed by atoms with E-state index in [2.05, 4.69) is 6.92 Å². The van der Waals surface area contributed by atoms with E-state index in [-0.39, 0.29) is 11.8 Å². The van der Waals surface area contributed by atoms with Crippen LogP contribution in [0.3, 0.4) is 0 Å². The molecule has 0 aromatic heterocycles. The van der Waals surface area contributed by atoms with E-state index in [1.165, 1.54) is 12.8 Å². The molecule has 3 atom stereocenters. The number of benzene rings is 1. The summed E-state index contributed by atoms with van der Waals surface area (Å²) in [5, 5.41) is 9.48. The zero-order valence-corrected chi connectivity index (χ0v) is 12.3. The van der Waals surface area contributed by atoms with E-state index in [4.69, 9.17) is 4.74 Å². The Labute approximate surface area is 121 Å². The molecule has 1 saturated carbocycles. The number of hydrogen-bond acceptors (Lipinski definition) is 2. The van der Waals surface area contributed by atoms with E-state index in [1.54, 1.807) is 7.11 Å². The highest BCUT2D eigenvalue weighted by Crippen LogP contribution is 2.42. The fourth-order valence-corrected chi connectivity index (χ4v) is 3.46. The Morgan fingerprint density at radius 1 is 1.40 bits per heavy atom. The van der Waals surface area contributed by atoms with Crippen molar-refractivity contribution >= 4 is 5.97 Å². The second kappa shape index (κ2) is 6.78. The normalized spacial score (nSPS) is 26.2. The standard InChI is InChI=1S/C17H24O3/c1-3-5-12-8-9-15(17(18)19)16(10-12)13-6-4-7-14(11-13)20-2/h4,6-7,11-12,15-16H,3,5,8-10H2,1-2H3,(H,18,19). The molecule has 1 aromatic rings. The Bertz CT molecular complexity index is 455. The van der Waals surface area contributed by atoms with E-state index >= 15 is 0 Å². The average molecular weight is 276 g/mol. The van der Waals surface area contributed by atoms with Gasteiger partial charge in [-0.3, -0.25) is 4.79 Å². The smallest absolute Gasteiger partial charge is 0.307 e. The van der Waals surface area contributed by atoms with Gasteiger partial charge in [0, 0.05) is 0 Å². The summed E-state index contributed by atoms with van der Waals surface area (Å²) in [5.41, 5.74) is 1.11. The molecule has 3 unspecified atom stereocenters. The fourth-order valence-electron chi connectivity index (χ4n) is 3.46. The molecule has 1 N–H and O–H groups in total. The van der Waals surface area contributed by atoms with E-state index in [9.17, 15) is 9.90 Å². The van der Waals surface area contributed by atoms with Gasteiger partial charge in [0.05, 0.1) is 13.0 Å². The van der Waals surface area contributed by atoms with Gasteiger partial charge in [-0.05, 0) is 48.8 Å². The predicted molar refractivity (Wildman–Crippen MR) is 79.1 cm³/mol. The zero-order valence-electron chi connectivity index (χ0n) is 12.3. The lowest BCUT2D eigenvalue weighted by molar-refractivity contribution is -0.143. The molecule has 0 saturated heterocycles. The Morgan fingerprint density at radius 2 is 2.20 bits per heavy atom. The third-order valence-electron chi connectivity index (χ3n) is 4.49. The predicted octanol–water partition coefficient (Wildman–Crippen LogP) is 4.08. The van der Waals surface area contributed by atoms with Gasteiger partial charge in [-0.1, -0.05) is 31.9 Å². The second-order valence-electron chi connectivity index (χ2n) is 5.80. The Balaban J connectivity index is 2.23. The van der Waals surface area contributed by atoms with Crippen molar-refractivity contribution in [3.8, 4) is 5.75 Å². The van der Waals surface area contributed by atoms with Gasteiger partial charge in [-0.2, -0.15) is 0 Å². The summed E-state index contributed by atoms with van der Waals surface area (Å²) >= 11 is 0. The quantitative estimate of drug-likeness (QED) is 0.881. The minimum absolute atomic E-state index is 0.118. The van der Waals surface area contributed by atoms with Crippen molar-refractivity contribution in [2.24, 2.45) is 11.8 Å². The van der Waals surface area contributed by atoms with Gasteiger partial charge < -0.3 is 9.84 Å². The summed E-state index contributed by atoms with van der Waals surface area (Å²) in [7, 11) is 1.65. The van der Waals surface area contributed by atoms with Crippen molar-refractivity contribution in [3.63, 3.8) is 0 Å². The first kappa shape index (κ1) is 14.9. The molecule has 0 aliphatic heterocycles. The van der Waals surface area contributed by atoms with Crippen LogP contribution in [0.5, 0.6) is 5.75 Å². The van der Waals surface area contributed by atoms with Gasteiger partial charge in [0.1, 0.15) is 5.75 Å². The van der Waals surface area contributed by atoms with Crippen LogP contribution in [-0.2, 0) is 4.79 Å². The largest absolute Gasteiger partial charge is 0.497 e. The van der Waals surface area contributed by atoms with E-state index in [0.29, 0.717) is 5.92 Å². The van der Waals surface area contributed by atoms with E-state index < -0.39 is 5.97 Å². The second-order valence-corrected chi connectivity index (χ2v) is 5.80. The topological polar surface area (TPSA) is 46.5 Å². The van der Waals surface area contributed by atoms with Crippen molar-refractivity contribution in [2.45, 2.75) is 44.9 Å². The molecule has 0 bridgehead atoms. The monoisotopic (exact) mass is 276 g/mol. The third-order valence-corrected chi connectivity index (χ3v) is 4.49. The molecule has 1 aromatic carbocycles. The number of hydrogen-bond donors (Lipinski definition) is 1. The van der Waals surface area contributed by atoms with Crippen LogP contribution in [0.15, 0.2) is 24.3 Å². The molecule has 1 aliphatic carbocycles. The summed E-state index contributed by atoms with van der Waals surface area (Å²) in [6.07, 6.45) is 5.20. The van der Waals surface area contributed by atoms with Crippen molar-refractivity contribution < 1.29 is 14.6 Å². The molecule has 110 valence electrons. The average Bonchev–Trinajstić information content (AvgIpc) is 2.47.